The summed E-state index contributed by atoms with van der Waals surface area (Å²) in [6.45, 7) is 5.78. The molecule has 0 bridgehead atoms. The Morgan fingerprint density at radius 2 is 2.31 bits per heavy atom. The fraction of sp³-hybridized carbons (Fsp3) is 1.00. The van der Waals surface area contributed by atoms with Gasteiger partial charge in [0.15, 0.2) is 0 Å². The average Bonchev–Trinajstić information content (AvgIpc) is 2.59. The third kappa shape index (κ3) is 2.66. The van der Waals surface area contributed by atoms with Crippen LogP contribution in [0.5, 0.6) is 0 Å². The lowest BCUT2D eigenvalue weighted by atomic mass is 10.0. The molecular weight excluding hydrogens is 164 g/mol. The zero-order valence-electron chi connectivity index (χ0n) is 8.84. The van der Waals surface area contributed by atoms with Crippen LogP contribution in [0.2, 0.25) is 0 Å². The van der Waals surface area contributed by atoms with Crippen LogP contribution in [0.15, 0.2) is 0 Å². The Bertz CT molecular complexity index is 146. The van der Waals surface area contributed by atoms with Gasteiger partial charge in [0.05, 0.1) is 12.1 Å². The zero-order valence-corrected chi connectivity index (χ0v) is 8.84. The zero-order chi connectivity index (χ0) is 9.73. The minimum absolute atomic E-state index is 0.0201. The van der Waals surface area contributed by atoms with E-state index in [0.29, 0.717) is 0 Å². The fourth-order valence-electron chi connectivity index (χ4n) is 1.94. The molecule has 0 aromatic heterocycles. The van der Waals surface area contributed by atoms with Gasteiger partial charge in [-0.15, -0.1) is 0 Å². The summed E-state index contributed by atoms with van der Waals surface area (Å²) in [7, 11) is 1.94. The number of nitrogens with one attached hydrogen (secondary N) is 1. The van der Waals surface area contributed by atoms with Crippen molar-refractivity contribution in [2.24, 2.45) is 0 Å². The van der Waals surface area contributed by atoms with E-state index in [4.69, 9.17) is 0 Å². The molecule has 1 aliphatic heterocycles. The molecule has 78 valence electrons. The Hall–Kier alpha value is -0.120. The number of hydrogen-bond acceptors (Lipinski definition) is 3. The van der Waals surface area contributed by atoms with Crippen LogP contribution in [0.4, 0.5) is 0 Å². The first-order valence-corrected chi connectivity index (χ1v) is 5.28. The normalized spacial score (nSPS) is 29.8. The van der Waals surface area contributed by atoms with Gasteiger partial charge in [-0.25, -0.2) is 0 Å². The minimum atomic E-state index is -0.0201. The maximum Gasteiger partial charge on any atom is 0.0626 e. The van der Waals surface area contributed by atoms with Crippen molar-refractivity contribution in [3.8, 4) is 0 Å². The molecule has 0 radical (unpaired) electrons. The fourth-order valence-corrected chi connectivity index (χ4v) is 1.94. The molecule has 1 unspecified atom stereocenters. The van der Waals surface area contributed by atoms with Crippen molar-refractivity contribution in [3.05, 3.63) is 0 Å². The summed E-state index contributed by atoms with van der Waals surface area (Å²) in [6, 6.07) is 0. The van der Waals surface area contributed by atoms with Gasteiger partial charge in [-0.2, -0.15) is 0 Å². The Kier molecular flexibility index (Phi) is 4.16. The summed E-state index contributed by atoms with van der Waals surface area (Å²) in [6.07, 6.45) is 3.59. The lowest BCUT2D eigenvalue weighted by Crippen LogP contribution is -2.48. The molecular formula is C10H22N2O. The van der Waals surface area contributed by atoms with Gasteiger partial charge in [0.25, 0.3) is 0 Å². The van der Waals surface area contributed by atoms with Crippen LogP contribution in [-0.4, -0.2) is 48.8 Å². The van der Waals surface area contributed by atoms with Crippen molar-refractivity contribution in [2.45, 2.75) is 31.7 Å². The van der Waals surface area contributed by atoms with E-state index in [1.807, 2.05) is 7.05 Å². The van der Waals surface area contributed by atoms with Crippen LogP contribution < -0.4 is 5.32 Å². The van der Waals surface area contributed by atoms with Crippen molar-refractivity contribution < 1.29 is 5.11 Å². The number of likely N-dealkylation sites (tertiary alicyclic amines) is 1. The second-order valence-electron chi connectivity index (χ2n) is 4.07. The number of hydrogen-bond donors (Lipinski definition) is 2. The van der Waals surface area contributed by atoms with Gasteiger partial charge in [-0.05, 0) is 26.4 Å². The minimum Gasteiger partial charge on any atom is -0.394 e. The monoisotopic (exact) mass is 186 g/mol. The maximum atomic E-state index is 9.27. The third-order valence-corrected chi connectivity index (χ3v) is 3.09. The van der Waals surface area contributed by atoms with Crippen LogP contribution in [0.3, 0.4) is 0 Å². The molecule has 0 spiro atoms. The number of aliphatic hydroxyl groups is 1. The van der Waals surface area contributed by atoms with Gasteiger partial charge in [-0.3, -0.25) is 0 Å². The molecule has 1 fully saturated rings. The average molecular weight is 186 g/mol. The summed E-state index contributed by atoms with van der Waals surface area (Å²) in [5.41, 5.74) is -0.0201. The molecule has 1 rings (SSSR count). The quantitative estimate of drug-likeness (QED) is 0.654. The van der Waals surface area contributed by atoms with E-state index in [1.54, 1.807) is 0 Å². The Labute approximate surface area is 81.1 Å². The number of likely N-dealkylation sites (N-methyl/N-ethyl adjacent to an activating group) is 1. The molecule has 1 saturated heterocycles. The Morgan fingerprint density at radius 3 is 2.77 bits per heavy atom. The van der Waals surface area contributed by atoms with E-state index in [9.17, 15) is 5.11 Å². The smallest absolute Gasteiger partial charge is 0.0626 e. The number of rotatable bonds is 5. The van der Waals surface area contributed by atoms with Crippen LogP contribution in [-0.2, 0) is 0 Å². The molecule has 0 aliphatic carbocycles. The van der Waals surface area contributed by atoms with E-state index in [2.05, 4.69) is 17.1 Å². The molecule has 13 heavy (non-hydrogen) atoms. The van der Waals surface area contributed by atoms with Crippen molar-refractivity contribution in [1.29, 1.82) is 0 Å². The van der Waals surface area contributed by atoms with E-state index in [1.165, 1.54) is 19.4 Å². The summed E-state index contributed by atoms with van der Waals surface area (Å²) in [4.78, 5) is 2.44. The molecule has 3 nitrogen and oxygen atoms in total. The highest BCUT2D eigenvalue weighted by Crippen LogP contribution is 2.20. The Balaban J connectivity index is 2.33. The molecule has 0 aromatic carbocycles. The van der Waals surface area contributed by atoms with Crippen molar-refractivity contribution in [1.82, 2.24) is 10.2 Å². The number of aliphatic hydroxyl groups excluding tert-OH is 1. The molecule has 1 atom stereocenters. The lowest BCUT2D eigenvalue weighted by molar-refractivity contribution is 0.168. The molecule has 0 aromatic rings. The second-order valence-corrected chi connectivity index (χ2v) is 4.07. The topological polar surface area (TPSA) is 35.5 Å². The van der Waals surface area contributed by atoms with Gasteiger partial charge >= 0.3 is 0 Å². The molecule has 0 amide bonds. The predicted octanol–water partition coefficient (Wildman–Crippen LogP) is 0.443. The van der Waals surface area contributed by atoms with Gasteiger partial charge < -0.3 is 15.3 Å². The second kappa shape index (κ2) is 4.94. The molecule has 1 aliphatic rings. The van der Waals surface area contributed by atoms with E-state index >= 15 is 0 Å². The first kappa shape index (κ1) is 11.0. The predicted molar refractivity (Wildman–Crippen MR) is 54.8 cm³/mol. The van der Waals surface area contributed by atoms with Crippen LogP contribution in [0.25, 0.3) is 0 Å². The molecule has 2 N–H and O–H groups in total. The highest BCUT2D eigenvalue weighted by atomic mass is 16.3. The van der Waals surface area contributed by atoms with Gasteiger partial charge in [0.2, 0.25) is 0 Å². The van der Waals surface area contributed by atoms with Crippen LogP contribution in [0.1, 0.15) is 26.2 Å². The summed E-state index contributed by atoms with van der Waals surface area (Å²) in [5.74, 6) is 0. The number of nitrogens with zero attached hydrogens (tertiary/aromatic N) is 1. The van der Waals surface area contributed by atoms with Crippen molar-refractivity contribution in [3.63, 3.8) is 0 Å². The van der Waals surface area contributed by atoms with Crippen LogP contribution in [0, 0.1) is 0 Å². The maximum absolute atomic E-state index is 9.27. The first-order chi connectivity index (χ1) is 6.26. The number of unbranched alkanes of at least 4 members (excludes halogenated alkanes) is 1. The molecule has 3 heteroatoms. The van der Waals surface area contributed by atoms with Gasteiger partial charge in [-0.1, -0.05) is 13.3 Å². The third-order valence-electron chi connectivity index (χ3n) is 3.09. The SMILES string of the molecule is CCCCN1CCC(CO)(NC)C1. The first-order valence-electron chi connectivity index (χ1n) is 5.28. The summed E-state index contributed by atoms with van der Waals surface area (Å²) < 4.78 is 0. The largest absolute Gasteiger partial charge is 0.394 e. The summed E-state index contributed by atoms with van der Waals surface area (Å²) >= 11 is 0. The Morgan fingerprint density at radius 1 is 1.54 bits per heavy atom. The summed E-state index contributed by atoms with van der Waals surface area (Å²) in [5, 5.41) is 12.5. The standard InChI is InChI=1S/C10H22N2O/c1-3-4-6-12-7-5-10(8-12,9-13)11-2/h11,13H,3-9H2,1-2H3. The van der Waals surface area contributed by atoms with Crippen LogP contribution >= 0.6 is 0 Å². The van der Waals surface area contributed by atoms with E-state index < -0.39 is 0 Å². The van der Waals surface area contributed by atoms with E-state index in [-0.39, 0.29) is 12.1 Å². The van der Waals surface area contributed by atoms with Crippen molar-refractivity contribution >= 4 is 0 Å². The van der Waals surface area contributed by atoms with Gasteiger partial charge in [0, 0.05) is 13.1 Å². The lowest BCUT2D eigenvalue weighted by Gasteiger charge is -2.26. The van der Waals surface area contributed by atoms with E-state index in [0.717, 1.165) is 19.5 Å². The highest BCUT2D eigenvalue weighted by molar-refractivity contribution is 4.95. The van der Waals surface area contributed by atoms with Gasteiger partial charge in [0.1, 0.15) is 0 Å². The highest BCUT2D eigenvalue weighted by Gasteiger charge is 2.35. The van der Waals surface area contributed by atoms with Crippen molar-refractivity contribution in [2.75, 3.05) is 33.3 Å². The molecule has 1 heterocycles. The molecule has 0 saturated carbocycles.